The van der Waals surface area contributed by atoms with Crippen molar-refractivity contribution in [3.8, 4) is 0 Å². The highest BCUT2D eigenvalue weighted by molar-refractivity contribution is 8.17. The number of hydrogen-bond acceptors (Lipinski definition) is 6. The van der Waals surface area contributed by atoms with Gasteiger partial charge < -0.3 is 10.2 Å². The van der Waals surface area contributed by atoms with E-state index in [-0.39, 0.29) is 5.54 Å². The predicted octanol–water partition coefficient (Wildman–Crippen LogP) is 3.28. The average molecular weight is 337 g/mol. The number of rotatable bonds is 2. The Hall–Kier alpha value is -0.620. The second-order valence-electron chi connectivity index (χ2n) is 7.28. The molecule has 4 aliphatic rings. The summed E-state index contributed by atoms with van der Waals surface area (Å²) in [6, 6.07) is 0.592. The number of fused-ring (bicyclic) bond motifs is 2. The lowest BCUT2D eigenvalue weighted by Crippen LogP contribution is -2.42. The van der Waals surface area contributed by atoms with Crippen LogP contribution in [0.15, 0.2) is 21.1 Å². The van der Waals surface area contributed by atoms with Gasteiger partial charge in [0.2, 0.25) is 0 Å². The third-order valence-corrected chi connectivity index (χ3v) is 6.73. The van der Waals surface area contributed by atoms with Crippen molar-refractivity contribution in [2.24, 2.45) is 15.9 Å². The predicted molar refractivity (Wildman–Crippen MR) is 97.5 cm³/mol. The van der Waals surface area contributed by atoms with Gasteiger partial charge in [-0.25, -0.2) is 0 Å². The summed E-state index contributed by atoms with van der Waals surface area (Å²) in [5, 5.41) is 8.13. The van der Waals surface area contributed by atoms with E-state index in [1.807, 2.05) is 23.5 Å². The van der Waals surface area contributed by atoms with Crippen LogP contribution < -0.4 is 5.32 Å². The molecular formula is C16H24N4S2. The van der Waals surface area contributed by atoms with Crippen molar-refractivity contribution in [1.82, 2.24) is 10.2 Å². The van der Waals surface area contributed by atoms with Gasteiger partial charge in [0.25, 0.3) is 0 Å². The van der Waals surface area contributed by atoms with Gasteiger partial charge in [-0.05, 0) is 38.0 Å². The first kappa shape index (κ1) is 14.9. The minimum absolute atomic E-state index is 0.119. The molecule has 3 heterocycles. The molecule has 0 saturated heterocycles. The molecule has 0 spiro atoms. The van der Waals surface area contributed by atoms with E-state index in [9.17, 15) is 0 Å². The molecule has 0 amide bonds. The third-order valence-electron chi connectivity index (χ3n) is 4.86. The van der Waals surface area contributed by atoms with Gasteiger partial charge in [-0.1, -0.05) is 36.4 Å². The van der Waals surface area contributed by atoms with E-state index in [0.717, 1.165) is 23.4 Å². The molecule has 120 valence electrons. The summed E-state index contributed by atoms with van der Waals surface area (Å²) in [5.74, 6) is 1.76. The second kappa shape index (κ2) is 5.78. The maximum Gasteiger partial charge on any atom is 0.168 e. The SMILES string of the molecule is CC1(C)CN=C(SCC2=CSC3=N[C@H]4CCCC[C@H]4CN23)N1. The maximum absolute atomic E-state index is 5.02. The molecule has 1 fully saturated rings. The van der Waals surface area contributed by atoms with E-state index >= 15 is 0 Å². The molecular weight excluding hydrogens is 312 g/mol. The smallest absolute Gasteiger partial charge is 0.168 e. The van der Waals surface area contributed by atoms with Crippen molar-refractivity contribution in [1.29, 1.82) is 0 Å². The van der Waals surface area contributed by atoms with Gasteiger partial charge in [0.15, 0.2) is 10.3 Å². The standard InChI is InChI=1S/C16H24N4S2/c1-16(2)10-17-14(19-16)21-8-12-9-22-15-18-13-6-4-3-5-11(13)7-20(12)15/h9,11,13H,3-8,10H2,1-2H3,(H,17,19)/t11-,13-/m0/s1. The fourth-order valence-electron chi connectivity index (χ4n) is 3.59. The number of nitrogens with one attached hydrogen (secondary N) is 1. The van der Waals surface area contributed by atoms with Crippen LogP contribution in [0.1, 0.15) is 39.5 Å². The van der Waals surface area contributed by atoms with E-state index in [1.54, 1.807) is 0 Å². The molecule has 2 atom stereocenters. The van der Waals surface area contributed by atoms with Crippen LogP contribution in [0.3, 0.4) is 0 Å². The van der Waals surface area contributed by atoms with E-state index in [2.05, 4.69) is 34.5 Å². The Morgan fingerprint density at radius 2 is 2.27 bits per heavy atom. The lowest BCUT2D eigenvalue weighted by Gasteiger charge is -2.38. The number of thioether (sulfide) groups is 2. The fourth-order valence-corrected chi connectivity index (χ4v) is 5.69. The van der Waals surface area contributed by atoms with Crippen LogP contribution in [0.25, 0.3) is 0 Å². The van der Waals surface area contributed by atoms with Gasteiger partial charge in [-0.3, -0.25) is 9.98 Å². The lowest BCUT2D eigenvalue weighted by atomic mass is 9.84. The molecule has 1 aliphatic carbocycles. The minimum atomic E-state index is 0.119. The molecule has 4 nitrogen and oxygen atoms in total. The molecule has 6 heteroatoms. The quantitative estimate of drug-likeness (QED) is 0.840. The highest BCUT2D eigenvalue weighted by Crippen LogP contribution is 2.38. The number of amidine groups is 2. The minimum Gasteiger partial charge on any atom is -0.358 e. The van der Waals surface area contributed by atoms with Crippen LogP contribution in [0, 0.1) is 5.92 Å². The van der Waals surface area contributed by atoms with Crippen molar-refractivity contribution in [2.45, 2.75) is 51.1 Å². The molecule has 0 radical (unpaired) electrons. The van der Waals surface area contributed by atoms with Gasteiger partial charge in [0, 0.05) is 18.0 Å². The van der Waals surface area contributed by atoms with E-state index in [1.165, 1.54) is 43.1 Å². The molecule has 0 unspecified atom stereocenters. The van der Waals surface area contributed by atoms with Crippen LogP contribution in [0.4, 0.5) is 0 Å². The van der Waals surface area contributed by atoms with Crippen molar-refractivity contribution >= 4 is 33.9 Å². The fraction of sp³-hybridized carbons (Fsp3) is 0.750. The highest BCUT2D eigenvalue weighted by Gasteiger charge is 2.36. The first-order chi connectivity index (χ1) is 10.6. The van der Waals surface area contributed by atoms with Crippen molar-refractivity contribution in [3.63, 3.8) is 0 Å². The van der Waals surface area contributed by atoms with Crippen molar-refractivity contribution < 1.29 is 0 Å². The lowest BCUT2D eigenvalue weighted by molar-refractivity contribution is 0.248. The largest absolute Gasteiger partial charge is 0.358 e. The highest BCUT2D eigenvalue weighted by atomic mass is 32.2. The monoisotopic (exact) mass is 336 g/mol. The topological polar surface area (TPSA) is 40.0 Å². The van der Waals surface area contributed by atoms with Crippen molar-refractivity contribution in [3.05, 3.63) is 11.1 Å². The number of hydrogen-bond donors (Lipinski definition) is 1. The Bertz CT molecular complexity index is 552. The third kappa shape index (κ3) is 2.92. The number of aliphatic imine (C=N–C) groups is 2. The van der Waals surface area contributed by atoms with Crippen LogP contribution >= 0.6 is 23.5 Å². The van der Waals surface area contributed by atoms with E-state index < -0.39 is 0 Å². The molecule has 0 aromatic carbocycles. The molecule has 4 rings (SSSR count). The summed E-state index contributed by atoms with van der Waals surface area (Å²) < 4.78 is 0. The van der Waals surface area contributed by atoms with Crippen LogP contribution in [-0.4, -0.2) is 45.7 Å². The Kier molecular flexibility index (Phi) is 3.93. The van der Waals surface area contributed by atoms with E-state index in [0.29, 0.717) is 6.04 Å². The molecule has 0 aromatic heterocycles. The number of nitrogens with zero attached hydrogens (tertiary/aromatic N) is 3. The summed E-state index contributed by atoms with van der Waals surface area (Å²) in [6.45, 7) is 6.46. The van der Waals surface area contributed by atoms with Crippen LogP contribution in [0.5, 0.6) is 0 Å². The van der Waals surface area contributed by atoms with Gasteiger partial charge in [0.05, 0.1) is 18.1 Å². The van der Waals surface area contributed by atoms with Gasteiger partial charge in [-0.2, -0.15) is 0 Å². The van der Waals surface area contributed by atoms with Crippen LogP contribution in [0.2, 0.25) is 0 Å². The van der Waals surface area contributed by atoms with Gasteiger partial charge in [0.1, 0.15) is 0 Å². The first-order valence-corrected chi connectivity index (χ1v) is 10.1. The second-order valence-corrected chi connectivity index (χ2v) is 9.08. The van der Waals surface area contributed by atoms with Gasteiger partial charge in [-0.15, -0.1) is 0 Å². The molecule has 1 N–H and O–H groups in total. The Morgan fingerprint density at radius 1 is 1.41 bits per heavy atom. The zero-order chi connectivity index (χ0) is 15.2. The summed E-state index contributed by atoms with van der Waals surface area (Å²) in [5.41, 5.74) is 1.53. The molecule has 1 saturated carbocycles. The molecule has 22 heavy (non-hydrogen) atoms. The van der Waals surface area contributed by atoms with E-state index in [4.69, 9.17) is 4.99 Å². The average Bonchev–Trinajstić information content (AvgIpc) is 3.05. The Morgan fingerprint density at radius 3 is 3.09 bits per heavy atom. The summed E-state index contributed by atoms with van der Waals surface area (Å²) in [4.78, 5) is 12.1. The molecule has 0 aromatic rings. The Balaban J connectivity index is 1.38. The molecule has 3 aliphatic heterocycles. The summed E-state index contributed by atoms with van der Waals surface area (Å²) >= 11 is 3.64. The van der Waals surface area contributed by atoms with Crippen LogP contribution in [-0.2, 0) is 0 Å². The molecule has 0 bridgehead atoms. The Labute approximate surface area is 141 Å². The van der Waals surface area contributed by atoms with Crippen molar-refractivity contribution in [2.75, 3.05) is 18.8 Å². The zero-order valence-electron chi connectivity index (χ0n) is 13.3. The maximum atomic E-state index is 5.02. The summed E-state index contributed by atoms with van der Waals surface area (Å²) in [6.07, 6.45) is 5.39. The first-order valence-electron chi connectivity index (χ1n) is 8.27. The normalized spacial score (nSPS) is 32.6. The summed E-state index contributed by atoms with van der Waals surface area (Å²) in [7, 11) is 0. The van der Waals surface area contributed by atoms with Gasteiger partial charge >= 0.3 is 0 Å². The zero-order valence-corrected chi connectivity index (χ0v) is 15.0.